The van der Waals surface area contributed by atoms with E-state index >= 15 is 0 Å². The van der Waals surface area contributed by atoms with Crippen molar-refractivity contribution >= 4 is 17.2 Å². The van der Waals surface area contributed by atoms with Crippen molar-refractivity contribution in [3.05, 3.63) is 72.4 Å². The summed E-state index contributed by atoms with van der Waals surface area (Å²) in [5.74, 6) is 0.418. The fourth-order valence-electron chi connectivity index (χ4n) is 4.21. The second-order valence-electron chi connectivity index (χ2n) is 8.84. The fourth-order valence-corrected chi connectivity index (χ4v) is 4.21. The fraction of sp³-hybridized carbons (Fsp3) is 0.292. The highest BCUT2D eigenvalue weighted by Gasteiger charge is 2.29. The van der Waals surface area contributed by atoms with Crippen molar-refractivity contribution in [2.75, 3.05) is 29.9 Å². The van der Waals surface area contributed by atoms with Crippen molar-refractivity contribution in [2.45, 2.75) is 25.4 Å². The van der Waals surface area contributed by atoms with E-state index in [2.05, 4.69) is 46.1 Å². The zero-order chi connectivity index (χ0) is 22.3. The topological polar surface area (TPSA) is 75.6 Å². The van der Waals surface area contributed by atoms with Gasteiger partial charge >= 0.3 is 0 Å². The van der Waals surface area contributed by atoms with Crippen LogP contribution in [-0.2, 0) is 6.54 Å². The van der Waals surface area contributed by atoms with E-state index < -0.39 is 0 Å². The van der Waals surface area contributed by atoms with Gasteiger partial charge in [0.15, 0.2) is 5.65 Å². The Kier molecular flexibility index (Phi) is 5.01. The number of nitrogens with zero attached hydrogens (tertiary/aromatic N) is 6. The molecule has 0 radical (unpaired) electrons. The van der Waals surface area contributed by atoms with Crippen LogP contribution in [0.2, 0.25) is 0 Å². The summed E-state index contributed by atoms with van der Waals surface area (Å²) in [5, 5.41) is 4.79. The number of hydrogen-bond donors (Lipinski definition) is 1. The quantitative estimate of drug-likeness (QED) is 0.521. The molecule has 5 rings (SSSR count). The van der Waals surface area contributed by atoms with Gasteiger partial charge in [-0.05, 0) is 49.2 Å². The van der Waals surface area contributed by atoms with E-state index in [4.69, 9.17) is 10.8 Å². The Labute approximate surface area is 186 Å². The summed E-state index contributed by atoms with van der Waals surface area (Å²) in [6.45, 7) is 4.43. The molecule has 1 aliphatic heterocycles. The molecule has 1 unspecified atom stereocenters. The van der Waals surface area contributed by atoms with Crippen molar-refractivity contribution in [3.63, 3.8) is 0 Å². The molecule has 7 nitrogen and oxygen atoms in total. The monoisotopic (exact) mass is 431 g/mol. The normalized spacial score (nSPS) is 18.4. The highest BCUT2D eigenvalue weighted by Crippen LogP contribution is 2.28. The van der Waals surface area contributed by atoms with Crippen LogP contribution in [-0.4, -0.2) is 45.3 Å². The molecule has 8 heteroatoms. The summed E-state index contributed by atoms with van der Waals surface area (Å²) in [4.78, 5) is 12.7. The third-order valence-electron chi connectivity index (χ3n) is 5.95. The van der Waals surface area contributed by atoms with Crippen LogP contribution < -0.4 is 15.5 Å². The Hall–Kier alpha value is -3.52. The van der Waals surface area contributed by atoms with Crippen molar-refractivity contribution < 1.29 is 4.39 Å². The van der Waals surface area contributed by atoms with Gasteiger partial charge in [-0.2, -0.15) is 0 Å². The van der Waals surface area contributed by atoms with Crippen LogP contribution in [0.3, 0.4) is 0 Å². The molecule has 0 spiro atoms. The molecule has 4 aromatic rings. The summed E-state index contributed by atoms with van der Waals surface area (Å²) < 4.78 is 15.3. The van der Waals surface area contributed by atoms with Crippen LogP contribution in [0.5, 0.6) is 0 Å². The summed E-state index contributed by atoms with van der Waals surface area (Å²) >= 11 is 0. The Bertz CT molecular complexity index is 1250. The molecule has 0 aliphatic carbocycles. The van der Waals surface area contributed by atoms with E-state index in [1.165, 1.54) is 18.0 Å². The molecule has 0 saturated carbocycles. The summed E-state index contributed by atoms with van der Waals surface area (Å²) in [7, 11) is 1.92. The summed E-state index contributed by atoms with van der Waals surface area (Å²) in [6, 6.07) is 13.8. The highest BCUT2D eigenvalue weighted by atomic mass is 19.1. The molecule has 1 aromatic carbocycles. The predicted octanol–water partition coefficient (Wildman–Crippen LogP) is 3.49. The van der Waals surface area contributed by atoms with Gasteiger partial charge in [0.1, 0.15) is 11.6 Å². The number of fused-ring (bicyclic) bond motifs is 1. The van der Waals surface area contributed by atoms with E-state index in [0.717, 1.165) is 47.8 Å². The lowest BCUT2D eigenvalue weighted by atomic mass is 10.0. The lowest BCUT2D eigenvalue weighted by Crippen LogP contribution is -2.39. The highest BCUT2D eigenvalue weighted by molar-refractivity contribution is 5.66. The molecule has 0 amide bonds. The van der Waals surface area contributed by atoms with E-state index in [1.807, 2.05) is 34.8 Å². The first kappa shape index (κ1) is 20.4. The number of pyridine rings is 1. The molecule has 164 valence electrons. The van der Waals surface area contributed by atoms with Crippen LogP contribution in [0, 0.1) is 5.82 Å². The van der Waals surface area contributed by atoms with E-state index in [1.54, 1.807) is 6.20 Å². The van der Waals surface area contributed by atoms with Gasteiger partial charge in [-0.3, -0.25) is 4.98 Å². The van der Waals surface area contributed by atoms with Crippen molar-refractivity contribution in [1.29, 1.82) is 0 Å². The SMILES string of the molecule is CN(Cc1cncc(F)c1)c1ccc2ncc(-c3ccc(N4CCC(C)(N)C4)cc3)n2n1. The number of imidazole rings is 1. The Balaban J connectivity index is 1.40. The van der Waals surface area contributed by atoms with Crippen molar-refractivity contribution in [3.8, 4) is 11.3 Å². The van der Waals surface area contributed by atoms with Crippen LogP contribution >= 0.6 is 0 Å². The minimum absolute atomic E-state index is 0.131. The molecule has 1 aliphatic rings. The summed E-state index contributed by atoms with van der Waals surface area (Å²) in [5.41, 5.74) is 10.8. The average molecular weight is 432 g/mol. The van der Waals surface area contributed by atoms with Gasteiger partial charge in [-0.1, -0.05) is 12.1 Å². The lowest BCUT2D eigenvalue weighted by molar-refractivity contribution is 0.525. The first-order valence-electron chi connectivity index (χ1n) is 10.7. The standard InChI is InChI=1S/C24H26FN7/c1-24(26)9-10-31(16-24)20-5-3-18(4-6-20)21-14-28-22-7-8-23(29-32(21)22)30(2)15-17-11-19(25)13-27-12-17/h3-8,11-14H,9-10,15-16,26H2,1-2H3. The third-order valence-corrected chi connectivity index (χ3v) is 5.95. The van der Waals surface area contributed by atoms with Gasteiger partial charge in [0.2, 0.25) is 0 Å². The first-order chi connectivity index (χ1) is 15.4. The third kappa shape index (κ3) is 4.01. The maximum atomic E-state index is 13.5. The molecule has 0 bridgehead atoms. The van der Waals surface area contributed by atoms with Gasteiger partial charge in [0.05, 0.1) is 18.1 Å². The zero-order valence-corrected chi connectivity index (χ0v) is 18.2. The second kappa shape index (κ2) is 7.87. The molecule has 4 heterocycles. The van der Waals surface area contributed by atoms with Gasteiger partial charge in [0, 0.05) is 49.7 Å². The number of benzene rings is 1. The first-order valence-corrected chi connectivity index (χ1v) is 10.7. The number of aromatic nitrogens is 4. The molecular formula is C24H26FN7. The molecule has 32 heavy (non-hydrogen) atoms. The van der Waals surface area contributed by atoms with Crippen LogP contribution in [0.25, 0.3) is 16.9 Å². The molecule has 3 aromatic heterocycles. The molecular weight excluding hydrogens is 405 g/mol. The number of halogens is 1. The minimum atomic E-state index is -0.343. The largest absolute Gasteiger partial charge is 0.370 e. The zero-order valence-electron chi connectivity index (χ0n) is 18.2. The molecule has 1 atom stereocenters. The van der Waals surface area contributed by atoms with Crippen molar-refractivity contribution in [2.24, 2.45) is 5.73 Å². The van der Waals surface area contributed by atoms with E-state index in [0.29, 0.717) is 6.54 Å². The smallest absolute Gasteiger partial charge is 0.154 e. The predicted molar refractivity (Wildman–Crippen MR) is 124 cm³/mol. The van der Waals surface area contributed by atoms with Gasteiger partial charge < -0.3 is 15.5 Å². The van der Waals surface area contributed by atoms with E-state index in [9.17, 15) is 4.39 Å². The van der Waals surface area contributed by atoms with Crippen LogP contribution in [0.1, 0.15) is 18.9 Å². The Morgan fingerprint density at radius 2 is 1.94 bits per heavy atom. The molecule has 2 N–H and O–H groups in total. The lowest BCUT2D eigenvalue weighted by Gasteiger charge is -2.21. The number of nitrogens with two attached hydrogens (primary N) is 1. The second-order valence-corrected chi connectivity index (χ2v) is 8.84. The molecule has 1 saturated heterocycles. The maximum absolute atomic E-state index is 13.5. The van der Waals surface area contributed by atoms with Gasteiger partial charge in [-0.15, -0.1) is 5.10 Å². The number of anilines is 2. The Morgan fingerprint density at radius 1 is 1.12 bits per heavy atom. The van der Waals surface area contributed by atoms with Crippen LogP contribution in [0.15, 0.2) is 61.1 Å². The average Bonchev–Trinajstić information content (AvgIpc) is 3.36. The number of rotatable bonds is 5. The van der Waals surface area contributed by atoms with Gasteiger partial charge in [-0.25, -0.2) is 13.9 Å². The molecule has 1 fully saturated rings. The number of hydrogen-bond acceptors (Lipinski definition) is 6. The van der Waals surface area contributed by atoms with Crippen LogP contribution in [0.4, 0.5) is 15.9 Å². The Morgan fingerprint density at radius 3 is 2.66 bits per heavy atom. The van der Waals surface area contributed by atoms with Crippen molar-refractivity contribution in [1.82, 2.24) is 19.6 Å². The van der Waals surface area contributed by atoms with E-state index in [-0.39, 0.29) is 11.4 Å². The minimum Gasteiger partial charge on any atom is -0.370 e. The van der Waals surface area contributed by atoms with Gasteiger partial charge in [0.25, 0.3) is 0 Å². The maximum Gasteiger partial charge on any atom is 0.154 e. The summed E-state index contributed by atoms with van der Waals surface area (Å²) in [6.07, 6.45) is 5.70.